The highest BCUT2D eigenvalue weighted by Gasteiger charge is 2.26. The highest BCUT2D eigenvalue weighted by molar-refractivity contribution is 6.13. The number of nitrogens with two attached hydrogens (primary N) is 2. The van der Waals surface area contributed by atoms with Gasteiger partial charge in [0.05, 0.1) is 11.2 Å². The zero-order valence-corrected chi connectivity index (χ0v) is 19.1. The molecule has 2 aliphatic rings. The van der Waals surface area contributed by atoms with Gasteiger partial charge in [0, 0.05) is 65.8 Å². The molecule has 0 amide bonds. The smallest absolute Gasteiger partial charge is 0.130 e. The van der Waals surface area contributed by atoms with E-state index in [1.807, 2.05) is 30.3 Å². The molecule has 1 aliphatic carbocycles. The van der Waals surface area contributed by atoms with Crippen LogP contribution in [0.25, 0.3) is 22.2 Å². The summed E-state index contributed by atoms with van der Waals surface area (Å²) in [5.41, 5.74) is 20.7. The Kier molecular flexibility index (Phi) is 5.50. The number of piperazine rings is 1. The molecule has 3 aromatic rings. The molecule has 1 aromatic heterocycles. The molecule has 2 aromatic carbocycles. The second kappa shape index (κ2) is 8.48. The van der Waals surface area contributed by atoms with Crippen molar-refractivity contribution in [3.05, 3.63) is 52.6 Å². The number of nitrogens with zero attached hydrogens (tertiary/aromatic N) is 3. The van der Waals surface area contributed by atoms with Crippen LogP contribution in [0.1, 0.15) is 35.1 Å². The Morgan fingerprint density at radius 1 is 0.970 bits per heavy atom. The van der Waals surface area contributed by atoms with E-state index in [0.29, 0.717) is 22.8 Å². The van der Waals surface area contributed by atoms with Crippen molar-refractivity contribution in [1.82, 2.24) is 14.8 Å². The fourth-order valence-corrected chi connectivity index (χ4v) is 5.17. The van der Waals surface area contributed by atoms with E-state index in [1.54, 1.807) is 0 Å². The highest BCUT2D eigenvalue weighted by atomic mass is 15.3. The Labute approximate surface area is 194 Å². The molecule has 5 rings (SSSR count). The SMILES string of the molecule is CN1CCN(C(=N)c2c(N)ccc3nc(-c4ccc(N)c(C=N)c4)c4c(c23)CCCC4)CC1. The molecule has 0 saturated carbocycles. The molecule has 6 N–H and O–H groups in total. The first-order valence-electron chi connectivity index (χ1n) is 11.6. The van der Waals surface area contributed by atoms with E-state index >= 15 is 0 Å². The summed E-state index contributed by atoms with van der Waals surface area (Å²) in [6.07, 6.45) is 5.44. The number of pyridine rings is 1. The molecule has 7 nitrogen and oxygen atoms in total. The van der Waals surface area contributed by atoms with Gasteiger partial charge in [-0.05, 0) is 68.1 Å². The van der Waals surface area contributed by atoms with Crippen LogP contribution in [0, 0.1) is 10.8 Å². The molecule has 1 saturated heterocycles. The minimum absolute atomic E-state index is 0.507. The Morgan fingerprint density at radius 3 is 2.39 bits per heavy atom. The molecule has 2 heterocycles. The van der Waals surface area contributed by atoms with Gasteiger partial charge in [0.1, 0.15) is 5.84 Å². The van der Waals surface area contributed by atoms with E-state index in [-0.39, 0.29) is 0 Å². The maximum atomic E-state index is 9.09. The predicted octanol–water partition coefficient (Wildman–Crippen LogP) is 3.52. The lowest BCUT2D eigenvalue weighted by molar-refractivity contribution is 0.215. The lowest BCUT2D eigenvalue weighted by atomic mass is 9.84. The Hall–Kier alpha value is -3.45. The fourth-order valence-electron chi connectivity index (χ4n) is 5.17. The van der Waals surface area contributed by atoms with Gasteiger partial charge >= 0.3 is 0 Å². The molecule has 1 fully saturated rings. The normalized spacial score (nSPS) is 16.6. The number of likely N-dealkylation sites (N-methyl/N-ethyl adjacent to an activating group) is 1. The van der Waals surface area contributed by atoms with Gasteiger partial charge in [-0.1, -0.05) is 6.07 Å². The number of aromatic nitrogens is 1. The minimum atomic E-state index is 0.507. The number of anilines is 2. The van der Waals surface area contributed by atoms with Gasteiger partial charge in [0.25, 0.3) is 0 Å². The number of benzene rings is 2. The van der Waals surface area contributed by atoms with E-state index < -0.39 is 0 Å². The number of nitrogen functional groups attached to an aromatic ring is 2. The summed E-state index contributed by atoms with van der Waals surface area (Å²) in [5.74, 6) is 0.507. The Bertz CT molecular complexity index is 1260. The highest BCUT2D eigenvalue weighted by Crippen LogP contribution is 2.38. The van der Waals surface area contributed by atoms with Crippen molar-refractivity contribution < 1.29 is 0 Å². The van der Waals surface area contributed by atoms with Gasteiger partial charge in [-0.15, -0.1) is 0 Å². The Morgan fingerprint density at radius 2 is 1.67 bits per heavy atom. The van der Waals surface area contributed by atoms with E-state index in [0.717, 1.165) is 79.6 Å². The fraction of sp³-hybridized carbons (Fsp3) is 0.346. The van der Waals surface area contributed by atoms with Crippen molar-refractivity contribution in [2.75, 3.05) is 44.7 Å². The molecule has 0 unspecified atom stereocenters. The average Bonchev–Trinajstić information content (AvgIpc) is 2.84. The van der Waals surface area contributed by atoms with E-state index in [9.17, 15) is 0 Å². The van der Waals surface area contributed by atoms with Gasteiger partial charge in [0.15, 0.2) is 0 Å². The molecule has 170 valence electrons. The zero-order valence-electron chi connectivity index (χ0n) is 19.1. The Balaban J connectivity index is 1.71. The summed E-state index contributed by atoms with van der Waals surface area (Å²) in [7, 11) is 2.12. The molecule has 0 spiro atoms. The maximum absolute atomic E-state index is 9.09. The minimum Gasteiger partial charge on any atom is -0.398 e. The average molecular weight is 442 g/mol. The first-order valence-corrected chi connectivity index (χ1v) is 11.6. The molecule has 0 radical (unpaired) electrons. The van der Waals surface area contributed by atoms with Crippen LogP contribution < -0.4 is 11.5 Å². The molecular weight excluding hydrogens is 410 g/mol. The number of aryl methyl sites for hydroxylation is 1. The van der Waals surface area contributed by atoms with Gasteiger partial charge in [-0.2, -0.15) is 0 Å². The summed E-state index contributed by atoms with van der Waals surface area (Å²) in [4.78, 5) is 9.55. The second-order valence-corrected chi connectivity index (χ2v) is 9.18. The monoisotopic (exact) mass is 441 g/mol. The third kappa shape index (κ3) is 3.72. The molecule has 1 aliphatic heterocycles. The molecule has 33 heavy (non-hydrogen) atoms. The van der Waals surface area contributed by atoms with Gasteiger partial charge in [-0.25, -0.2) is 4.98 Å². The lowest BCUT2D eigenvalue weighted by Gasteiger charge is -2.35. The van der Waals surface area contributed by atoms with Crippen LogP contribution in [-0.2, 0) is 12.8 Å². The molecule has 0 bridgehead atoms. The van der Waals surface area contributed by atoms with E-state index in [1.165, 1.54) is 17.3 Å². The summed E-state index contributed by atoms with van der Waals surface area (Å²) in [6, 6.07) is 9.68. The first kappa shape index (κ1) is 21.4. The molecule has 7 heteroatoms. The van der Waals surface area contributed by atoms with Gasteiger partial charge < -0.3 is 26.7 Å². The summed E-state index contributed by atoms with van der Waals surface area (Å²) in [5, 5.41) is 17.8. The van der Waals surface area contributed by atoms with E-state index in [4.69, 9.17) is 27.3 Å². The molecular formula is C26H31N7. The van der Waals surface area contributed by atoms with Crippen LogP contribution in [0.5, 0.6) is 0 Å². The number of rotatable bonds is 3. The predicted molar refractivity (Wildman–Crippen MR) is 136 cm³/mol. The number of hydrogen-bond donors (Lipinski definition) is 4. The summed E-state index contributed by atoms with van der Waals surface area (Å²) >= 11 is 0. The van der Waals surface area contributed by atoms with Crippen LogP contribution in [-0.4, -0.2) is 60.1 Å². The van der Waals surface area contributed by atoms with Crippen molar-refractivity contribution in [2.45, 2.75) is 25.7 Å². The standard InChI is InChI=1S/C26H31N7/c1-32-10-12-33(13-11-32)26(30)24-21(29)8-9-22-23(24)18-4-2-3-5-19(18)25(31-22)16-6-7-20(28)17(14-16)15-27/h6-9,14-15,27,30H,2-5,10-13,28-29H2,1H3. The van der Waals surface area contributed by atoms with Crippen LogP contribution in [0.2, 0.25) is 0 Å². The zero-order chi connectivity index (χ0) is 23.1. The number of fused-ring (bicyclic) bond motifs is 3. The van der Waals surface area contributed by atoms with Crippen molar-refractivity contribution >= 4 is 34.3 Å². The summed E-state index contributed by atoms with van der Waals surface area (Å²) in [6.45, 7) is 3.55. The summed E-state index contributed by atoms with van der Waals surface area (Å²) < 4.78 is 0. The van der Waals surface area contributed by atoms with Gasteiger partial charge in [0.2, 0.25) is 0 Å². The largest absolute Gasteiger partial charge is 0.398 e. The van der Waals surface area contributed by atoms with Crippen LogP contribution >= 0.6 is 0 Å². The van der Waals surface area contributed by atoms with Crippen LogP contribution in [0.3, 0.4) is 0 Å². The van der Waals surface area contributed by atoms with Gasteiger partial charge in [-0.3, -0.25) is 5.41 Å². The number of hydrogen-bond acceptors (Lipinski definition) is 6. The molecule has 0 atom stereocenters. The van der Waals surface area contributed by atoms with Crippen molar-refractivity contribution in [3.8, 4) is 11.3 Å². The van der Waals surface area contributed by atoms with Crippen molar-refractivity contribution in [2.24, 2.45) is 0 Å². The van der Waals surface area contributed by atoms with Crippen molar-refractivity contribution in [3.63, 3.8) is 0 Å². The van der Waals surface area contributed by atoms with Crippen molar-refractivity contribution in [1.29, 1.82) is 10.8 Å². The third-order valence-corrected chi connectivity index (χ3v) is 7.08. The lowest BCUT2D eigenvalue weighted by Crippen LogP contribution is -2.47. The quantitative estimate of drug-likeness (QED) is 0.282. The first-order chi connectivity index (χ1) is 16.0. The second-order valence-electron chi connectivity index (χ2n) is 9.18. The number of nitrogens with one attached hydrogen (secondary N) is 2. The van der Waals surface area contributed by atoms with E-state index in [2.05, 4.69) is 16.8 Å². The van der Waals surface area contributed by atoms with Crippen LogP contribution in [0.4, 0.5) is 11.4 Å². The third-order valence-electron chi connectivity index (χ3n) is 7.08. The van der Waals surface area contributed by atoms with Crippen LogP contribution in [0.15, 0.2) is 30.3 Å². The maximum Gasteiger partial charge on any atom is 0.130 e. The topological polar surface area (TPSA) is 119 Å². The number of amidine groups is 1.